The van der Waals surface area contributed by atoms with E-state index < -0.39 is 0 Å². The lowest BCUT2D eigenvalue weighted by Crippen LogP contribution is -2.34. The third-order valence-corrected chi connectivity index (χ3v) is 5.24. The zero-order chi connectivity index (χ0) is 18.5. The monoisotopic (exact) mass is 359 g/mol. The molecule has 0 unspecified atom stereocenters. The van der Waals surface area contributed by atoms with Gasteiger partial charge in [-0.05, 0) is 49.3 Å². The van der Waals surface area contributed by atoms with Crippen LogP contribution in [0.1, 0.15) is 24.0 Å². The van der Waals surface area contributed by atoms with Gasteiger partial charge in [0.25, 0.3) is 0 Å². The van der Waals surface area contributed by atoms with Crippen LogP contribution in [0.3, 0.4) is 0 Å². The Bertz CT molecular complexity index is 874. The van der Waals surface area contributed by atoms with Gasteiger partial charge in [0, 0.05) is 19.2 Å². The Hall–Kier alpha value is -2.88. The van der Waals surface area contributed by atoms with Crippen LogP contribution in [-0.2, 0) is 6.42 Å². The van der Waals surface area contributed by atoms with Gasteiger partial charge in [0.2, 0.25) is 5.88 Å². The first kappa shape index (κ1) is 17.5. The fourth-order valence-electron chi connectivity index (χ4n) is 3.66. The summed E-state index contributed by atoms with van der Waals surface area (Å²) >= 11 is 0. The van der Waals surface area contributed by atoms with Gasteiger partial charge in [0.15, 0.2) is 0 Å². The van der Waals surface area contributed by atoms with Gasteiger partial charge in [-0.25, -0.2) is 9.97 Å². The molecule has 2 aromatic carbocycles. The van der Waals surface area contributed by atoms with Gasteiger partial charge in [-0.15, -0.1) is 0 Å². The highest BCUT2D eigenvalue weighted by Gasteiger charge is 2.21. The predicted molar refractivity (Wildman–Crippen MR) is 108 cm³/mol. The van der Waals surface area contributed by atoms with Crippen LogP contribution in [-0.4, -0.2) is 23.1 Å². The van der Waals surface area contributed by atoms with Crippen LogP contribution in [0.25, 0.3) is 0 Å². The lowest BCUT2D eigenvalue weighted by atomic mass is 9.90. The molecule has 27 heavy (non-hydrogen) atoms. The van der Waals surface area contributed by atoms with Crippen molar-refractivity contribution in [2.75, 3.05) is 18.0 Å². The Morgan fingerprint density at radius 3 is 2.48 bits per heavy atom. The van der Waals surface area contributed by atoms with Crippen molar-refractivity contribution in [3.63, 3.8) is 0 Å². The first-order valence-corrected chi connectivity index (χ1v) is 9.62. The molecule has 0 N–H and O–H groups in total. The van der Waals surface area contributed by atoms with Crippen molar-refractivity contribution in [1.29, 1.82) is 0 Å². The summed E-state index contributed by atoms with van der Waals surface area (Å²) in [6.07, 6.45) is 5.14. The second-order valence-electron chi connectivity index (χ2n) is 7.20. The summed E-state index contributed by atoms with van der Waals surface area (Å²) in [5.41, 5.74) is 2.53. The Kier molecular flexibility index (Phi) is 5.33. The van der Waals surface area contributed by atoms with E-state index in [-0.39, 0.29) is 0 Å². The SMILES string of the molecule is Cc1ccccc1Oc1cc(N2CCC(Cc3ccccc3)CC2)ncn1. The molecule has 0 aliphatic carbocycles. The first-order valence-electron chi connectivity index (χ1n) is 9.62. The van der Waals surface area contributed by atoms with Crippen LogP contribution in [0.15, 0.2) is 67.0 Å². The van der Waals surface area contributed by atoms with Gasteiger partial charge in [-0.2, -0.15) is 0 Å². The second kappa shape index (κ2) is 8.21. The first-order chi connectivity index (χ1) is 13.3. The Labute approximate surface area is 160 Å². The third kappa shape index (κ3) is 4.45. The standard InChI is InChI=1S/C23H25N3O/c1-18-7-5-6-10-21(18)27-23-16-22(24-17-25-23)26-13-11-20(12-14-26)15-19-8-3-2-4-9-19/h2-10,16-17,20H,11-15H2,1H3. The van der Waals surface area contributed by atoms with Crippen LogP contribution in [0, 0.1) is 12.8 Å². The van der Waals surface area contributed by atoms with E-state index in [2.05, 4.69) is 45.2 Å². The number of aromatic nitrogens is 2. The van der Waals surface area contributed by atoms with Crippen molar-refractivity contribution >= 4 is 5.82 Å². The van der Waals surface area contributed by atoms with Crippen LogP contribution in [0.4, 0.5) is 5.82 Å². The summed E-state index contributed by atoms with van der Waals surface area (Å²) in [6, 6.07) is 20.7. The number of nitrogens with zero attached hydrogens (tertiary/aromatic N) is 3. The van der Waals surface area contributed by atoms with E-state index in [1.807, 2.05) is 37.3 Å². The van der Waals surface area contributed by atoms with Crippen molar-refractivity contribution < 1.29 is 4.74 Å². The fraction of sp³-hybridized carbons (Fsp3) is 0.304. The molecule has 0 saturated carbocycles. The normalized spacial score (nSPS) is 14.9. The molecule has 1 saturated heterocycles. The summed E-state index contributed by atoms with van der Waals surface area (Å²) in [7, 11) is 0. The molecule has 0 amide bonds. The van der Waals surface area contributed by atoms with Crippen molar-refractivity contribution in [2.24, 2.45) is 5.92 Å². The van der Waals surface area contributed by atoms with Crippen molar-refractivity contribution in [2.45, 2.75) is 26.2 Å². The smallest absolute Gasteiger partial charge is 0.224 e. The molecule has 1 fully saturated rings. The van der Waals surface area contributed by atoms with Gasteiger partial charge in [-0.3, -0.25) is 0 Å². The number of hydrogen-bond acceptors (Lipinski definition) is 4. The molecule has 3 aromatic rings. The minimum absolute atomic E-state index is 0.598. The number of para-hydroxylation sites is 1. The molecule has 2 heterocycles. The van der Waals surface area contributed by atoms with Crippen LogP contribution >= 0.6 is 0 Å². The number of benzene rings is 2. The zero-order valence-corrected chi connectivity index (χ0v) is 15.7. The summed E-state index contributed by atoms with van der Waals surface area (Å²) in [5.74, 6) is 3.13. The summed E-state index contributed by atoms with van der Waals surface area (Å²) < 4.78 is 5.96. The largest absolute Gasteiger partial charge is 0.439 e. The number of aryl methyl sites for hydroxylation is 1. The molecule has 1 aliphatic rings. The summed E-state index contributed by atoms with van der Waals surface area (Å²) in [6.45, 7) is 4.09. The molecular weight excluding hydrogens is 334 g/mol. The van der Waals surface area contributed by atoms with E-state index in [0.29, 0.717) is 5.88 Å². The number of piperidine rings is 1. The maximum atomic E-state index is 5.96. The van der Waals surface area contributed by atoms with Crippen LogP contribution in [0.5, 0.6) is 11.6 Å². The molecule has 4 rings (SSSR count). The van der Waals surface area contributed by atoms with E-state index >= 15 is 0 Å². The summed E-state index contributed by atoms with van der Waals surface area (Å²) in [5, 5.41) is 0. The maximum absolute atomic E-state index is 5.96. The summed E-state index contributed by atoms with van der Waals surface area (Å²) in [4.78, 5) is 11.1. The van der Waals surface area contributed by atoms with E-state index in [1.54, 1.807) is 6.33 Å². The van der Waals surface area contributed by atoms with E-state index in [1.165, 1.54) is 24.8 Å². The Morgan fingerprint density at radius 2 is 1.70 bits per heavy atom. The number of hydrogen-bond donors (Lipinski definition) is 0. The Balaban J connectivity index is 1.38. The molecule has 138 valence electrons. The molecule has 0 atom stereocenters. The van der Waals surface area contributed by atoms with Crippen LogP contribution in [0.2, 0.25) is 0 Å². The number of ether oxygens (including phenoxy) is 1. The zero-order valence-electron chi connectivity index (χ0n) is 15.7. The van der Waals surface area contributed by atoms with Crippen LogP contribution < -0.4 is 9.64 Å². The van der Waals surface area contributed by atoms with E-state index in [9.17, 15) is 0 Å². The third-order valence-electron chi connectivity index (χ3n) is 5.24. The minimum Gasteiger partial charge on any atom is -0.439 e. The maximum Gasteiger partial charge on any atom is 0.224 e. The van der Waals surface area contributed by atoms with Crippen molar-refractivity contribution in [3.05, 3.63) is 78.1 Å². The fourth-order valence-corrected chi connectivity index (χ4v) is 3.66. The molecule has 0 spiro atoms. The number of anilines is 1. The lowest BCUT2D eigenvalue weighted by molar-refractivity contribution is 0.401. The van der Waals surface area contributed by atoms with Gasteiger partial charge >= 0.3 is 0 Å². The average Bonchev–Trinajstić information content (AvgIpc) is 2.71. The van der Waals surface area contributed by atoms with Crippen molar-refractivity contribution in [3.8, 4) is 11.6 Å². The van der Waals surface area contributed by atoms with Gasteiger partial charge in [0.1, 0.15) is 17.9 Å². The average molecular weight is 359 g/mol. The molecule has 4 heteroatoms. The highest BCUT2D eigenvalue weighted by atomic mass is 16.5. The molecule has 1 aliphatic heterocycles. The molecular formula is C23H25N3O. The van der Waals surface area contributed by atoms with Gasteiger partial charge < -0.3 is 9.64 Å². The van der Waals surface area contributed by atoms with Gasteiger partial charge in [-0.1, -0.05) is 48.5 Å². The van der Waals surface area contributed by atoms with E-state index in [0.717, 1.165) is 36.1 Å². The predicted octanol–water partition coefficient (Wildman–Crippen LogP) is 5.04. The van der Waals surface area contributed by atoms with Crippen molar-refractivity contribution in [1.82, 2.24) is 9.97 Å². The molecule has 1 aromatic heterocycles. The topological polar surface area (TPSA) is 38.2 Å². The second-order valence-corrected chi connectivity index (χ2v) is 7.20. The molecule has 4 nitrogen and oxygen atoms in total. The molecule has 0 bridgehead atoms. The minimum atomic E-state index is 0.598. The Morgan fingerprint density at radius 1 is 0.963 bits per heavy atom. The van der Waals surface area contributed by atoms with E-state index in [4.69, 9.17) is 4.74 Å². The molecule has 0 radical (unpaired) electrons. The highest BCUT2D eigenvalue weighted by molar-refractivity contribution is 5.43. The highest BCUT2D eigenvalue weighted by Crippen LogP contribution is 2.28. The lowest BCUT2D eigenvalue weighted by Gasteiger charge is -2.32. The number of rotatable bonds is 5. The quantitative estimate of drug-likeness (QED) is 0.640. The van der Waals surface area contributed by atoms with Gasteiger partial charge in [0.05, 0.1) is 0 Å².